The lowest BCUT2D eigenvalue weighted by atomic mass is 9.73. The lowest BCUT2D eigenvalue weighted by Gasteiger charge is -2.36. The van der Waals surface area contributed by atoms with Crippen molar-refractivity contribution in [1.82, 2.24) is 24.6 Å². The normalized spacial score (nSPS) is 15.2. The third-order valence-electron chi connectivity index (χ3n) is 6.81. The van der Waals surface area contributed by atoms with E-state index >= 15 is 0 Å². The van der Waals surface area contributed by atoms with Crippen molar-refractivity contribution in [2.75, 3.05) is 19.8 Å². The van der Waals surface area contributed by atoms with E-state index in [1.807, 2.05) is 61.5 Å². The first-order valence-electron chi connectivity index (χ1n) is 11.9. The molecule has 1 N–H and O–H groups in total. The van der Waals surface area contributed by atoms with Crippen molar-refractivity contribution in [3.63, 3.8) is 0 Å². The van der Waals surface area contributed by atoms with Crippen LogP contribution in [0.2, 0.25) is 0 Å². The number of rotatable bonds is 7. The van der Waals surface area contributed by atoms with Gasteiger partial charge < -0.3 is 10.1 Å². The lowest BCUT2D eigenvalue weighted by Crippen LogP contribution is -2.48. The zero-order valence-electron chi connectivity index (χ0n) is 19.8. The summed E-state index contributed by atoms with van der Waals surface area (Å²) in [6.07, 6.45) is 4.42. The topological polar surface area (TPSA) is 91.0 Å². The number of benzene rings is 2. The van der Waals surface area contributed by atoms with Crippen LogP contribution in [0.1, 0.15) is 29.5 Å². The summed E-state index contributed by atoms with van der Waals surface area (Å²) in [5, 5.41) is 7.93. The highest BCUT2D eigenvalue weighted by Gasteiger charge is 2.41. The largest absolute Gasteiger partial charge is 0.381 e. The molecular formula is C27H29N5O3. The molecule has 8 nitrogen and oxygen atoms in total. The van der Waals surface area contributed by atoms with Crippen LogP contribution in [-0.4, -0.2) is 45.0 Å². The minimum absolute atomic E-state index is 0.00289. The van der Waals surface area contributed by atoms with E-state index in [1.165, 1.54) is 5.56 Å². The quantitative estimate of drug-likeness (QED) is 0.448. The first-order chi connectivity index (χ1) is 17.1. The maximum absolute atomic E-state index is 13.3. The van der Waals surface area contributed by atoms with Crippen LogP contribution in [0.15, 0.2) is 71.9 Å². The van der Waals surface area contributed by atoms with Crippen LogP contribution in [0.25, 0.3) is 11.0 Å². The Hall–Kier alpha value is -3.78. The van der Waals surface area contributed by atoms with Gasteiger partial charge in [0.15, 0.2) is 5.65 Å². The number of aryl methyl sites for hydroxylation is 1. The summed E-state index contributed by atoms with van der Waals surface area (Å²) in [5.41, 5.74) is 3.03. The van der Waals surface area contributed by atoms with Gasteiger partial charge in [0, 0.05) is 19.8 Å². The number of hydrogen-bond donors (Lipinski definition) is 1. The Bertz CT molecular complexity index is 1370. The molecule has 2 aromatic heterocycles. The smallest absolute Gasteiger partial charge is 0.264 e. The standard InChI is InChI=1S/C27H29N5O3/c1-20-7-9-21(10-8-20)18-31-19-29-24-23(25(31)33)17-30-32(24)14-13-28-26(34)27(11-15-35-16-12-27)22-5-3-2-4-6-22/h2-10,17,19H,11-16,18H2,1H3,(H,28,34). The van der Waals surface area contributed by atoms with Crippen LogP contribution < -0.4 is 10.9 Å². The van der Waals surface area contributed by atoms with Crippen molar-refractivity contribution in [3.05, 3.63) is 94.2 Å². The number of aromatic nitrogens is 4. The highest BCUT2D eigenvalue weighted by atomic mass is 16.5. The van der Waals surface area contributed by atoms with Crippen molar-refractivity contribution in [2.24, 2.45) is 0 Å². The predicted octanol–water partition coefficient (Wildman–Crippen LogP) is 2.81. The van der Waals surface area contributed by atoms with Gasteiger partial charge in [-0.15, -0.1) is 0 Å². The van der Waals surface area contributed by atoms with E-state index < -0.39 is 5.41 Å². The molecule has 3 heterocycles. The number of fused-ring (bicyclic) bond motifs is 1. The average Bonchev–Trinajstić information content (AvgIpc) is 3.31. The number of nitrogens with one attached hydrogen (secondary N) is 1. The Morgan fingerprint density at radius 1 is 1.09 bits per heavy atom. The van der Waals surface area contributed by atoms with Gasteiger partial charge in [-0.1, -0.05) is 60.2 Å². The van der Waals surface area contributed by atoms with Gasteiger partial charge in [-0.3, -0.25) is 14.2 Å². The zero-order chi connectivity index (χ0) is 24.3. The molecule has 8 heteroatoms. The summed E-state index contributed by atoms with van der Waals surface area (Å²) in [7, 11) is 0. The highest BCUT2D eigenvalue weighted by Crippen LogP contribution is 2.35. The Morgan fingerprint density at radius 3 is 2.57 bits per heavy atom. The average molecular weight is 472 g/mol. The molecule has 1 amide bonds. The fourth-order valence-electron chi connectivity index (χ4n) is 4.73. The van der Waals surface area contributed by atoms with Gasteiger partial charge in [-0.25, -0.2) is 9.67 Å². The minimum Gasteiger partial charge on any atom is -0.381 e. The van der Waals surface area contributed by atoms with Crippen LogP contribution >= 0.6 is 0 Å². The second-order valence-corrected chi connectivity index (χ2v) is 9.08. The number of hydrogen-bond acceptors (Lipinski definition) is 5. The number of ether oxygens (including phenoxy) is 1. The Kier molecular flexibility index (Phi) is 6.46. The van der Waals surface area contributed by atoms with Crippen molar-refractivity contribution >= 4 is 16.9 Å². The molecule has 5 rings (SSSR count). The van der Waals surface area contributed by atoms with Gasteiger partial charge in [0.05, 0.1) is 24.7 Å². The maximum Gasteiger partial charge on any atom is 0.264 e. The van der Waals surface area contributed by atoms with Crippen LogP contribution in [0.5, 0.6) is 0 Å². The SMILES string of the molecule is Cc1ccc(Cn2cnc3c(cnn3CCNC(=O)C3(c4ccccc4)CCOCC3)c2=O)cc1. The van der Waals surface area contributed by atoms with E-state index in [4.69, 9.17) is 4.74 Å². The monoisotopic (exact) mass is 471 g/mol. The fourth-order valence-corrected chi connectivity index (χ4v) is 4.73. The van der Waals surface area contributed by atoms with Crippen LogP contribution in [0.4, 0.5) is 0 Å². The fraction of sp³-hybridized carbons (Fsp3) is 0.333. The van der Waals surface area contributed by atoms with Crippen LogP contribution in [-0.2, 0) is 28.0 Å². The molecule has 2 aromatic carbocycles. The van der Waals surface area contributed by atoms with Gasteiger partial charge in [-0.05, 0) is 30.9 Å². The van der Waals surface area contributed by atoms with E-state index in [2.05, 4.69) is 15.4 Å². The zero-order valence-corrected chi connectivity index (χ0v) is 19.8. The predicted molar refractivity (Wildman–Crippen MR) is 133 cm³/mol. The summed E-state index contributed by atoms with van der Waals surface area (Å²) in [4.78, 5) is 30.8. The summed E-state index contributed by atoms with van der Waals surface area (Å²) in [6.45, 7) is 4.42. The molecule has 0 bridgehead atoms. The molecule has 180 valence electrons. The Morgan fingerprint density at radius 2 is 1.83 bits per heavy atom. The van der Waals surface area contributed by atoms with E-state index in [1.54, 1.807) is 21.8 Å². The molecule has 0 atom stereocenters. The summed E-state index contributed by atoms with van der Waals surface area (Å²) < 4.78 is 8.80. The van der Waals surface area contributed by atoms with Gasteiger partial charge in [0.25, 0.3) is 5.56 Å². The number of amides is 1. The Labute approximate surface area is 203 Å². The maximum atomic E-state index is 13.3. The minimum atomic E-state index is -0.590. The Balaban J connectivity index is 1.28. The van der Waals surface area contributed by atoms with E-state index in [-0.39, 0.29) is 11.5 Å². The lowest BCUT2D eigenvalue weighted by molar-refractivity contribution is -0.130. The van der Waals surface area contributed by atoms with E-state index in [0.717, 1.165) is 11.1 Å². The van der Waals surface area contributed by atoms with Crippen molar-refractivity contribution < 1.29 is 9.53 Å². The molecule has 0 aliphatic carbocycles. The van der Waals surface area contributed by atoms with Crippen LogP contribution in [0.3, 0.4) is 0 Å². The summed E-state index contributed by atoms with van der Waals surface area (Å²) >= 11 is 0. The molecule has 1 saturated heterocycles. The second kappa shape index (κ2) is 9.84. The second-order valence-electron chi connectivity index (χ2n) is 9.08. The van der Waals surface area contributed by atoms with E-state index in [0.29, 0.717) is 56.7 Å². The van der Waals surface area contributed by atoms with Crippen molar-refractivity contribution in [2.45, 2.75) is 38.3 Å². The molecule has 0 saturated carbocycles. The molecule has 0 spiro atoms. The van der Waals surface area contributed by atoms with Gasteiger partial charge >= 0.3 is 0 Å². The molecule has 1 aliphatic heterocycles. The molecule has 1 fully saturated rings. The molecular weight excluding hydrogens is 442 g/mol. The van der Waals surface area contributed by atoms with E-state index in [9.17, 15) is 9.59 Å². The third kappa shape index (κ3) is 4.61. The van der Waals surface area contributed by atoms with Gasteiger partial charge in [-0.2, -0.15) is 5.10 Å². The highest BCUT2D eigenvalue weighted by molar-refractivity contribution is 5.88. The first-order valence-corrected chi connectivity index (χ1v) is 11.9. The van der Waals surface area contributed by atoms with Gasteiger partial charge in [0.2, 0.25) is 5.91 Å². The molecule has 0 radical (unpaired) electrons. The van der Waals surface area contributed by atoms with Crippen LogP contribution in [0, 0.1) is 6.92 Å². The molecule has 4 aromatic rings. The number of carbonyl (C=O) groups is 1. The van der Waals surface area contributed by atoms with Gasteiger partial charge in [0.1, 0.15) is 11.7 Å². The molecule has 0 unspecified atom stereocenters. The summed E-state index contributed by atoms with van der Waals surface area (Å²) in [6, 6.07) is 18.0. The number of nitrogens with zero attached hydrogens (tertiary/aromatic N) is 4. The molecule has 35 heavy (non-hydrogen) atoms. The van der Waals surface area contributed by atoms with Crippen molar-refractivity contribution in [3.8, 4) is 0 Å². The first kappa shape index (κ1) is 23.0. The van der Waals surface area contributed by atoms with Crippen molar-refractivity contribution in [1.29, 1.82) is 0 Å². The summed E-state index contributed by atoms with van der Waals surface area (Å²) in [5.74, 6) is -0.00289. The number of carbonyl (C=O) groups excluding carboxylic acids is 1. The third-order valence-corrected chi connectivity index (χ3v) is 6.81. The molecule has 1 aliphatic rings.